The van der Waals surface area contributed by atoms with E-state index in [1.807, 2.05) is 20.8 Å². The van der Waals surface area contributed by atoms with Crippen LogP contribution in [0, 0.1) is 0 Å². The predicted octanol–water partition coefficient (Wildman–Crippen LogP) is 2.68. The maximum absolute atomic E-state index is 13.4. The Hall–Kier alpha value is -0.830. The van der Waals surface area contributed by atoms with E-state index in [0.717, 1.165) is 0 Å². The van der Waals surface area contributed by atoms with E-state index in [1.54, 1.807) is 6.07 Å². The van der Waals surface area contributed by atoms with E-state index >= 15 is 0 Å². The van der Waals surface area contributed by atoms with Gasteiger partial charge in [-0.25, -0.2) is 4.39 Å². The molecule has 0 saturated heterocycles. The molecule has 1 rings (SSSR count). The fraction of sp³-hybridized carbons (Fsp3) is 0.600. The number of nitrogens with one attached hydrogen (secondary N) is 1. The molecule has 1 N–H and O–H groups in total. The molecule has 0 aliphatic rings. The summed E-state index contributed by atoms with van der Waals surface area (Å²) in [5, 5.41) is 3.09. The molecule has 1 atom stereocenters. The third-order valence-corrected chi connectivity index (χ3v) is 1.72. The number of hydrogen-bond acceptors (Lipinski definition) is 2. The van der Waals surface area contributed by atoms with Crippen LogP contribution < -0.4 is 5.32 Å². The van der Waals surface area contributed by atoms with Crippen molar-refractivity contribution < 1.29 is 8.81 Å². The minimum Gasteiger partial charge on any atom is -0.472 e. The molecule has 0 amide bonds. The average molecular weight is 185 g/mol. The third kappa shape index (κ3) is 3.59. The predicted molar refractivity (Wildman–Crippen MR) is 50.3 cm³/mol. The van der Waals surface area contributed by atoms with E-state index in [2.05, 4.69) is 5.32 Å². The Kier molecular flexibility index (Phi) is 3.09. The SMILES string of the molecule is CC(C)(C)NCC(F)c1ccoc1. The van der Waals surface area contributed by atoms with Crippen molar-refractivity contribution in [3.05, 3.63) is 24.2 Å². The van der Waals surface area contributed by atoms with E-state index in [4.69, 9.17) is 4.42 Å². The van der Waals surface area contributed by atoms with Gasteiger partial charge in [0.1, 0.15) is 6.17 Å². The van der Waals surface area contributed by atoms with Crippen LogP contribution in [0.3, 0.4) is 0 Å². The number of hydrogen-bond donors (Lipinski definition) is 1. The molecule has 0 aliphatic carbocycles. The van der Waals surface area contributed by atoms with Gasteiger partial charge in [0.05, 0.1) is 12.5 Å². The summed E-state index contributed by atoms with van der Waals surface area (Å²) in [6.07, 6.45) is 1.94. The Labute approximate surface area is 78.1 Å². The van der Waals surface area contributed by atoms with Crippen molar-refractivity contribution in [2.24, 2.45) is 0 Å². The van der Waals surface area contributed by atoms with Crippen LogP contribution >= 0.6 is 0 Å². The molecule has 0 saturated carbocycles. The summed E-state index contributed by atoms with van der Waals surface area (Å²) >= 11 is 0. The Morgan fingerprint density at radius 2 is 2.23 bits per heavy atom. The molecule has 0 radical (unpaired) electrons. The number of furan rings is 1. The molecule has 74 valence electrons. The largest absolute Gasteiger partial charge is 0.472 e. The second-order valence-corrected chi connectivity index (χ2v) is 4.16. The molecule has 1 aromatic heterocycles. The Bertz CT molecular complexity index is 238. The van der Waals surface area contributed by atoms with E-state index in [1.165, 1.54) is 12.5 Å². The summed E-state index contributed by atoms with van der Waals surface area (Å²) in [6, 6.07) is 1.65. The first-order valence-electron chi connectivity index (χ1n) is 4.40. The van der Waals surface area contributed by atoms with Crippen LogP contribution in [0.2, 0.25) is 0 Å². The van der Waals surface area contributed by atoms with Crippen molar-refractivity contribution in [1.82, 2.24) is 5.32 Å². The molecule has 2 nitrogen and oxygen atoms in total. The summed E-state index contributed by atoms with van der Waals surface area (Å²) in [5.74, 6) is 0. The lowest BCUT2D eigenvalue weighted by atomic mass is 10.1. The lowest BCUT2D eigenvalue weighted by Crippen LogP contribution is -2.37. The van der Waals surface area contributed by atoms with Gasteiger partial charge in [0.2, 0.25) is 0 Å². The smallest absolute Gasteiger partial charge is 0.141 e. The van der Waals surface area contributed by atoms with Crippen LogP contribution in [0.15, 0.2) is 23.0 Å². The van der Waals surface area contributed by atoms with Crippen LogP contribution in [0.25, 0.3) is 0 Å². The molecule has 3 heteroatoms. The number of rotatable bonds is 3. The molecule has 0 spiro atoms. The molecule has 13 heavy (non-hydrogen) atoms. The number of halogens is 1. The highest BCUT2D eigenvalue weighted by atomic mass is 19.1. The molecule has 1 unspecified atom stereocenters. The highest BCUT2D eigenvalue weighted by Crippen LogP contribution is 2.17. The summed E-state index contributed by atoms with van der Waals surface area (Å²) in [7, 11) is 0. The first kappa shape index (κ1) is 10.3. The van der Waals surface area contributed by atoms with Gasteiger partial charge in [-0.15, -0.1) is 0 Å². The molecular formula is C10H16FNO. The van der Waals surface area contributed by atoms with Gasteiger partial charge in [0, 0.05) is 17.6 Å². The maximum atomic E-state index is 13.4. The molecular weight excluding hydrogens is 169 g/mol. The molecule has 1 aromatic rings. The molecule has 0 fully saturated rings. The lowest BCUT2D eigenvalue weighted by molar-refractivity contribution is 0.290. The summed E-state index contributed by atoms with van der Waals surface area (Å²) in [5.41, 5.74) is 0.547. The van der Waals surface area contributed by atoms with Crippen LogP contribution in [0.1, 0.15) is 32.5 Å². The maximum Gasteiger partial charge on any atom is 0.141 e. The fourth-order valence-electron chi connectivity index (χ4n) is 0.967. The van der Waals surface area contributed by atoms with Crippen molar-refractivity contribution in [3.8, 4) is 0 Å². The normalized spacial score (nSPS) is 14.5. The van der Waals surface area contributed by atoms with Crippen LogP contribution in [0.5, 0.6) is 0 Å². The van der Waals surface area contributed by atoms with Gasteiger partial charge in [-0.2, -0.15) is 0 Å². The Balaban J connectivity index is 2.39. The lowest BCUT2D eigenvalue weighted by Gasteiger charge is -2.21. The van der Waals surface area contributed by atoms with E-state index in [0.29, 0.717) is 12.1 Å². The average Bonchev–Trinajstić information content (AvgIpc) is 2.50. The highest BCUT2D eigenvalue weighted by molar-refractivity contribution is 5.09. The first-order valence-corrected chi connectivity index (χ1v) is 4.40. The standard InChI is InChI=1S/C10H16FNO/c1-10(2,3)12-6-9(11)8-4-5-13-7-8/h4-5,7,9,12H,6H2,1-3H3. The van der Waals surface area contributed by atoms with Crippen LogP contribution in [0.4, 0.5) is 4.39 Å². The zero-order valence-corrected chi connectivity index (χ0v) is 8.30. The monoisotopic (exact) mass is 185 g/mol. The molecule has 0 aromatic carbocycles. The van der Waals surface area contributed by atoms with Gasteiger partial charge in [-0.05, 0) is 26.8 Å². The van der Waals surface area contributed by atoms with Gasteiger partial charge in [0.15, 0.2) is 0 Å². The van der Waals surface area contributed by atoms with Crippen molar-refractivity contribution in [2.75, 3.05) is 6.54 Å². The van der Waals surface area contributed by atoms with Crippen LogP contribution in [-0.2, 0) is 0 Å². The van der Waals surface area contributed by atoms with Crippen molar-refractivity contribution in [1.29, 1.82) is 0 Å². The van der Waals surface area contributed by atoms with Crippen LogP contribution in [-0.4, -0.2) is 12.1 Å². The van der Waals surface area contributed by atoms with E-state index in [9.17, 15) is 4.39 Å². The molecule has 1 heterocycles. The zero-order valence-electron chi connectivity index (χ0n) is 8.30. The Morgan fingerprint density at radius 3 is 2.69 bits per heavy atom. The van der Waals surface area contributed by atoms with Crippen molar-refractivity contribution in [3.63, 3.8) is 0 Å². The third-order valence-electron chi connectivity index (χ3n) is 1.72. The quantitative estimate of drug-likeness (QED) is 0.783. The summed E-state index contributed by atoms with van der Waals surface area (Å²) in [6.45, 7) is 6.35. The molecule has 0 bridgehead atoms. The first-order chi connectivity index (χ1) is 5.99. The topological polar surface area (TPSA) is 25.2 Å². The van der Waals surface area contributed by atoms with E-state index < -0.39 is 6.17 Å². The van der Waals surface area contributed by atoms with E-state index in [-0.39, 0.29) is 5.54 Å². The Morgan fingerprint density at radius 1 is 1.54 bits per heavy atom. The fourth-order valence-corrected chi connectivity index (χ4v) is 0.967. The summed E-state index contributed by atoms with van der Waals surface area (Å²) in [4.78, 5) is 0. The zero-order chi connectivity index (χ0) is 9.90. The second kappa shape index (κ2) is 3.92. The number of alkyl halides is 1. The van der Waals surface area contributed by atoms with Gasteiger partial charge >= 0.3 is 0 Å². The van der Waals surface area contributed by atoms with Crippen molar-refractivity contribution >= 4 is 0 Å². The van der Waals surface area contributed by atoms with Crippen molar-refractivity contribution in [2.45, 2.75) is 32.5 Å². The van der Waals surface area contributed by atoms with Gasteiger partial charge < -0.3 is 9.73 Å². The second-order valence-electron chi connectivity index (χ2n) is 4.16. The summed E-state index contributed by atoms with van der Waals surface area (Å²) < 4.78 is 18.2. The van der Waals surface area contributed by atoms with Gasteiger partial charge in [-0.3, -0.25) is 0 Å². The van der Waals surface area contributed by atoms with Gasteiger partial charge in [0.25, 0.3) is 0 Å². The highest BCUT2D eigenvalue weighted by Gasteiger charge is 2.15. The minimum absolute atomic E-state index is 0.0475. The molecule has 0 aliphatic heterocycles. The minimum atomic E-state index is -0.988. The van der Waals surface area contributed by atoms with Gasteiger partial charge in [-0.1, -0.05) is 0 Å².